The highest BCUT2D eigenvalue weighted by Crippen LogP contribution is 2.24. The lowest BCUT2D eigenvalue weighted by Crippen LogP contribution is -2.34. The van der Waals surface area contributed by atoms with Crippen LogP contribution in [-0.2, 0) is 13.0 Å². The van der Waals surface area contributed by atoms with E-state index in [4.69, 9.17) is 11.6 Å². The summed E-state index contributed by atoms with van der Waals surface area (Å²) in [4.78, 5) is 21.5. The summed E-state index contributed by atoms with van der Waals surface area (Å²) in [6.45, 7) is 2.87. The molecule has 1 N–H and O–H groups in total. The molecule has 0 saturated carbocycles. The van der Waals surface area contributed by atoms with Crippen molar-refractivity contribution < 1.29 is 4.79 Å². The molecule has 0 radical (unpaired) electrons. The molecule has 124 valence electrons. The van der Waals surface area contributed by atoms with Gasteiger partial charge in [0.05, 0.1) is 17.8 Å². The molecule has 0 aliphatic carbocycles. The van der Waals surface area contributed by atoms with Crippen LogP contribution in [0.5, 0.6) is 0 Å². The highest BCUT2D eigenvalue weighted by molar-refractivity contribution is 6.30. The lowest BCUT2D eigenvalue weighted by Gasteiger charge is -2.22. The minimum Gasteiger partial charge on any atom is -0.339 e. The fourth-order valence-corrected chi connectivity index (χ4v) is 3.22. The Balaban J connectivity index is 1.61. The third kappa shape index (κ3) is 2.54. The summed E-state index contributed by atoms with van der Waals surface area (Å²) in [5.74, 6) is 1.76. The Morgan fingerprint density at radius 3 is 3.21 bits per heavy atom. The molecule has 0 unspecified atom stereocenters. The Kier molecular flexibility index (Phi) is 3.72. The molecule has 0 fully saturated rings. The van der Waals surface area contributed by atoms with Crippen molar-refractivity contribution in [1.29, 1.82) is 0 Å². The van der Waals surface area contributed by atoms with Crippen molar-refractivity contribution in [1.82, 2.24) is 29.5 Å². The molecule has 0 bridgehead atoms. The fraction of sp³-hybridized carbons (Fsp3) is 0.375. The first-order valence-corrected chi connectivity index (χ1v) is 8.40. The number of aryl methyl sites for hydroxylation is 2. The van der Waals surface area contributed by atoms with Gasteiger partial charge in [0.25, 0.3) is 5.91 Å². The van der Waals surface area contributed by atoms with Crippen LogP contribution in [0.2, 0.25) is 5.02 Å². The molecule has 1 amide bonds. The van der Waals surface area contributed by atoms with E-state index in [-0.39, 0.29) is 11.9 Å². The summed E-state index contributed by atoms with van der Waals surface area (Å²) in [6.07, 6.45) is 5.98. The molecule has 3 aromatic heterocycles. The molecule has 7 nitrogen and oxygen atoms in total. The zero-order chi connectivity index (χ0) is 16.7. The third-order valence-electron chi connectivity index (χ3n) is 4.24. The second-order valence-electron chi connectivity index (χ2n) is 5.85. The average Bonchev–Trinajstić information content (AvgIpc) is 3.18. The van der Waals surface area contributed by atoms with Gasteiger partial charge in [-0.15, -0.1) is 0 Å². The maximum Gasteiger partial charge on any atom is 0.288 e. The van der Waals surface area contributed by atoms with Gasteiger partial charge < -0.3 is 5.32 Å². The molecule has 1 atom stereocenters. The topological polar surface area (TPSA) is 77.1 Å². The SMILES string of the molecule is CCc1nc2n(n1)CCC[C@@H]2NC(=O)c1ncc2cc(Cl)ccn12. The smallest absolute Gasteiger partial charge is 0.288 e. The predicted octanol–water partition coefficient (Wildman–Crippen LogP) is 2.41. The van der Waals surface area contributed by atoms with E-state index in [2.05, 4.69) is 20.4 Å². The summed E-state index contributed by atoms with van der Waals surface area (Å²) in [6, 6.07) is 3.37. The van der Waals surface area contributed by atoms with Gasteiger partial charge in [-0.3, -0.25) is 9.20 Å². The molecule has 3 aromatic rings. The Bertz CT molecular complexity index is 915. The van der Waals surface area contributed by atoms with Crippen LogP contribution in [0.25, 0.3) is 5.52 Å². The molecule has 0 spiro atoms. The Hall–Kier alpha value is -2.41. The summed E-state index contributed by atoms with van der Waals surface area (Å²) < 4.78 is 3.63. The van der Waals surface area contributed by atoms with Gasteiger partial charge in [-0.25, -0.2) is 14.6 Å². The molecule has 1 aliphatic heterocycles. The lowest BCUT2D eigenvalue weighted by atomic mass is 10.1. The number of amides is 1. The Labute approximate surface area is 143 Å². The number of aromatic nitrogens is 5. The molecular weight excluding hydrogens is 328 g/mol. The first-order valence-electron chi connectivity index (χ1n) is 8.03. The highest BCUT2D eigenvalue weighted by Gasteiger charge is 2.27. The van der Waals surface area contributed by atoms with E-state index in [1.807, 2.05) is 11.6 Å². The number of pyridine rings is 1. The van der Waals surface area contributed by atoms with Crippen LogP contribution in [0.4, 0.5) is 0 Å². The maximum atomic E-state index is 12.7. The largest absolute Gasteiger partial charge is 0.339 e. The van der Waals surface area contributed by atoms with Crippen molar-refractivity contribution in [2.75, 3.05) is 0 Å². The first-order chi connectivity index (χ1) is 11.7. The van der Waals surface area contributed by atoms with Crippen LogP contribution in [0.1, 0.15) is 48.1 Å². The second kappa shape index (κ2) is 5.90. The number of halogens is 1. The van der Waals surface area contributed by atoms with E-state index >= 15 is 0 Å². The molecule has 24 heavy (non-hydrogen) atoms. The van der Waals surface area contributed by atoms with E-state index in [9.17, 15) is 4.79 Å². The zero-order valence-electron chi connectivity index (χ0n) is 13.2. The minimum atomic E-state index is -0.225. The number of nitrogens with one attached hydrogen (secondary N) is 1. The first kappa shape index (κ1) is 15.1. The maximum absolute atomic E-state index is 12.7. The van der Waals surface area contributed by atoms with Gasteiger partial charge in [-0.2, -0.15) is 5.10 Å². The zero-order valence-corrected chi connectivity index (χ0v) is 14.0. The summed E-state index contributed by atoms with van der Waals surface area (Å²) >= 11 is 5.98. The Morgan fingerprint density at radius 2 is 2.38 bits per heavy atom. The third-order valence-corrected chi connectivity index (χ3v) is 4.47. The number of carbonyl (C=O) groups excluding carboxylic acids is 1. The van der Waals surface area contributed by atoms with Crippen LogP contribution in [-0.4, -0.2) is 30.1 Å². The van der Waals surface area contributed by atoms with E-state index in [0.29, 0.717) is 10.8 Å². The van der Waals surface area contributed by atoms with Gasteiger partial charge in [0, 0.05) is 24.2 Å². The van der Waals surface area contributed by atoms with Crippen molar-refractivity contribution in [2.24, 2.45) is 0 Å². The predicted molar refractivity (Wildman–Crippen MR) is 89.0 cm³/mol. The number of nitrogens with zero attached hydrogens (tertiary/aromatic N) is 5. The monoisotopic (exact) mass is 344 g/mol. The average molecular weight is 345 g/mol. The normalized spacial score (nSPS) is 17.0. The van der Waals surface area contributed by atoms with Gasteiger partial charge in [-0.1, -0.05) is 18.5 Å². The second-order valence-corrected chi connectivity index (χ2v) is 6.29. The molecule has 0 aromatic carbocycles. The number of hydrogen-bond donors (Lipinski definition) is 1. The van der Waals surface area contributed by atoms with Crippen LogP contribution in [0.15, 0.2) is 24.5 Å². The molecule has 1 aliphatic rings. The number of fused-ring (bicyclic) bond motifs is 2. The van der Waals surface area contributed by atoms with Crippen molar-refractivity contribution in [3.05, 3.63) is 47.0 Å². The number of hydrogen-bond acceptors (Lipinski definition) is 4. The van der Waals surface area contributed by atoms with Gasteiger partial charge in [0.15, 0.2) is 5.82 Å². The number of rotatable bonds is 3. The fourth-order valence-electron chi connectivity index (χ4n) is 3.05. The summed E-state index contributed by atoms with van der Waals surface area (Å²) in [5, 5.41) is 8.12. The van der Waals surface area contributed by atoms with Crippen molar-refractivity contribution in [3.8, 4) is 0 Å². The van der Waals surface area contributed by atoms with Crippen LogP contribution in [0.3, 0.4) is 0 Å². The minimum absolute atomic E-state index is 0.140. The molecule has 4 heterocycles. The molecule has 8 heteroatoms. The van der Waals surface area contributed by atoms with Crippen molar-refractivity contribution >= 4 is 23.0 Å². The van der Waals surface area contributed by atoms with Crippen molar-refractivity contribution in [3.63, 3.8) is 0 Å². The summed E-state index contributed by atoms with van der Waals surface area (Å²) in [7, 11) is 0. The quantitative estimate of drug-likeness (QED) is 0.791. The van der Waals surface area contributed by atoms with Crippen LogP contribution < -0.4 is 5.32 Å². The van der Waals surface area contributed by atoms with Crippen molar-refractivity contribution in [2.45, 2.75) is 38.8 Å². The lowest BCUT2D eigenvalue weighted by molar-refractivity contribution is 0.0916. The summed E-state index contributed by atoms with van der Waals surface area (Å²) in [5.41, 5.74) is 0.785. The van der Waals surface area contributed by atoms with Gasteiger partial charge in [0.2, 0.25) is 5.82 Å². The van der Waals surface area contributed by atoms with Crippen LogP contribution in [0, 0.1) is 0 Å². The number of imidazole rings is 1. The molecule has 4 rings (SSSR count). The highest BCUT2D eigenvalue weighted by atomic mass is 35.5. The van der Waals surface area contributed by atoms with Gasteiger partial charge >= 0.3 is 0 Å². The Morgan fingerprint density at radius 1 is 1.50 bits per heavy atom. The molecule has 0 saturated heterocycles. The van der Waals surface area contributed by atoms with E-state index < -0.39 is 0 Å². The standard InChI is InChI=1S/C16H17ClN6O/c1-2-13-20-14-12(4-3-6-23(14)21-13)19-16(24)15-18-9-11-8-10(17)5-7-22(11)15/h5,7-9,12H,2-4,6H2,1H3,(H,19,24)/t12-/m0/s1. The van der Waals surface area contributed by atoms with Gasteiger partial charge in [-0.05, 0) is 25.0 Å². The van der Waals surface area contributed by atoms with Gasteiger partial charge in [0.1, 0.15) is 5.82 Å². The van der Waals surface area contributed by atoms with E-state index in [0.717, 1.165) is 43.0 Å². The van der Waals surface area contributed by atoms with E-state index in [1.165, 1.54) is 0 Å². The number of carbonyl (C=O) groups is 1. The van der Waals surface area contributed by atoms with E-state index in [1.54, 1.807) is 28.9 Å². The molecular formula is C16H17ClN6O. The van der Waals surface area contributed by atoms with Crippen LogP contribution >= 0.6 is 11.6 Å².